The number of carbonyl (C=O) groups is 1. The van der Waals surface area contributed by atoms with Crippen LogP contribution >= 0.6 is 0 Å². The molecule has 1 heterocycles. The van der Waals surface area contributed by atoms with Gasteiger partial charge in [-0.25, -0.2) is 0 Å². The number of aromatic nitrogens is 2. The van der Waals surface area contributed by atoms with Crippen LogP contribution in [-0.4, -0.2) is 28.8 Å². The molecule has 6 heteroatoms. The highest BCUT2D eigenvalue weighted by atomic mass is 16.5. The van der Waals surface area contributed by atoms with E-state index in [2.05, 4.69) is 17.3 Å². The molecule has 1 amide bonds. The van der Waals surface area contributed by atoms with Crippen LogP contribution in [0.3, 0.4) is 0 Å². The van der Waals surface area contributed by atoms with Crippen molar-refractivity contribution in [3.8, 4) is 11.4 Å². The van der Waals surface area contributed by atoms with E-state index in [1.165, 1.54) is 24.3 Å². The number of ether oxygens (including phenoxy) is 1. The molecule has 25 heavy (non-hydrogen) atoms. The van der Waals surface area contributed by atoms with Gasteiger partial charge in [0.25, 0.3) is 11.5 Å². The molecular formula is C19H23N3O3. The van der Waals surface area contributed by atoms with Crippen molar-refractivity contribution in [1.82, 2.24) is 15.1 Å². The van der Waals surface area contributed by atoms with Crippen LogP contribution in [0.15, 0.2) is 41.2 Å². The Hall–Kier alpha value is -2.63. The minimum atomic E-state index is -0.342. The maximum atomic E-state index is 12.8. The molecule has 0 unspecified atom stereocenters. The topological polar surface area (TPSA) is 73.2 Å². The van der Waals surface area contributed by atoms with Gasteiger partial charge in [-0.05, 0) is 30.9 Å². The molecule has 1 fully saturated rings. The minimum absolute atomic E-state index is 0.128. The molecule has 1 aliphatic rings. The SMILES string of the molecule is COc1cc(=O)n(-c2ccccc2)nc1C(=O)N[C@H]1CCCC[C@H]1C. The van der Waals surface area contributed by atoms with Crippen molar-refractivity contribution < 1.29 is 9.53 Å². The molecule has 6 nitrogen and oxygen atoms in total. The molecule has 3 rings (SSSR count). The Labute approximate surface area is 146 Å². The van der Waals surface area contributed by atoms with Gasteiger partial charge in [-0.3, -0.25) is 9.59 Å². The number of nitrogens with zero attached hydrogens (tertiary/aromatic N) is 2. The normalized spacial score (nSPS) is 20.1. The summed E-state index contributed by atoms with van der Waals surface area (Å²) >= 11 is 0. The summed E-state index contributed by atoms with van der Waals surface area (Å²) in [5.74, 6) is 0.321. The van der Waals surface area contributed by atoms with Gasteiger partial charge in [0.15, 0.2) is 11.4 Å². The van der Waals surface area contributed by atoms with Crippen LogP contribution in [0.25, 0.3) is 5.69 Å². The number of hydrogen-bond donors (Lipinski definition) is 1. The molecule has 0 bridgehead atoms. The molecule has 132 valence electrons. The predicted octanol–water partition coefficient (Wildman–Crippen LogP) is 2.55. The van der Waals surface area contributed by atoms with Gasteiger partial charge >= 0.3 is 0 Å². The van der Waals surface area contributed by atoms with Gasteiger partial charge in [0, 0.05) is 6.04 Å². The number of carbonyl (C=O) groups excluding carboxylic acids is 1. The average Bonchev–Trinajstić information content (AvgIpc) is 2.64. The molecule has 0 saturated heterocycles. The molecule has 1 saturated carbocycles. The second-order valence-corrected chi connectivity index (χ2v) is 6.49. The first-order valence-electron chi connectivity index (χ1n) is 8.65. The van der Waals surface area contributed by atoms with Crippen molar-refractivity contribution in [2.45, 2.75) is 38.6 Å². The number of amides is 1. The van der Waals surface area contributed by atoms with Crippen molar-refractivity contribution >= 4 is 5.91 Å². The van der Waals surface area contributed by atoms with Gasteiger partial charge in [-0.15, -0.1) is 0 Å². The maximum absolute atomic E-state index is 12.8. The standard InChI is InChI=1S/C19H23N3O3/c1-13-8-6-7-11-15(13)20-19(24)18-16(25-2)12-17(23)22(21-18)14-9-4-3-5-10-14/h3-5,9-10,12-13,15H,6-8,11H2,1-2H3,(H,20,24)/t13-,15+/m1/s1. The fourth-order valence-electron chi connectivity index (χ4n) is 3.27. The highest BCUT2D eigenvalue weighted by Gasteiger charge is 2.26. The second kappa shape index (κ2) is 7.51. The molecule has 1 aromatic heterocycles. The van der Waals surface area contributed by atoms with E-state index in [-0.39, 0.29) is 29.0 Å². The van der Waals surface area contributed by atoms with E-state index in [0.29, 0.717) is 11.6 Å². The highest BCUT2D eigenvalue weighted by Crippen LogP contribution is 2.24. The van der Waals surface area contributed by atoms with Gasteiger partial charge in [-0.1, -0.05) is 38.0 Å². The first-order chi connectivity index (χ1) is 12.1. The van der Waals surface area contributed by atoms with E-state index in [4.69, 9.17) is 4.74 Å². The van der Waals surface area contributed by atoms with Gasteiger partial charge in [0.2, 0.25) is 0 Å². The highest BCUT2D eigenvalue weighted by molar-refractivity contribution is 5.95. The van der Waals surface area contributed by atoms with Crippen molar-refractivity contribution in [3.05, 3.63) is 52.4 Å². The number of methoxy groups -OCH3 is 1. The number of para-hydroxylation sites is 1. The zero-order chi connectivity index (χ0) is 17.8. The summed E-state index contributed by atoms with van der Waals surface area (Å²) in [5.41, 5.74) is 0.393. The molecule has 1 aromatic carbocycles. The summed E-state index contributed by atoms with van der Waals surface area (Å²) in [6.45, 7) is 2.15. The summed E-state index contributed by atoms with van der Waals surface area (Å²) in [5, 5.41) is 7.33. The Morgan fingerprint density at radius 1 is 1.24 bits per heavy atom. The Morgan fingerprint density at radius 2 is 1.96 bits per heavy atom. The summed E-state index contributed by atoms with van der Waals surface area (Å²) in [6.07, 6.45) is 4.39. The van der Waals surface area contributed by atoms with E-state index in [1.54, 1.807) is 12.1 Å². The third kappa shape index (κ3) is 3.73. The van der Waals surface area contributed by atoms with E-state index < -0.39 is 0 Å². The van der Waals surface area contributed by atoms with Crippen molar-refractivity contribution in [2.75, 3.05) is 7.11 Å². The van der Waals surface area contributed by atoms with E-state index in [9.17, 15) is 9.59 Å². The smallest absolute Gasteiger partial charge is 0.275 e. The van der Waals surface area contributed by atoms with E-state index >= 15 is 0 Å². The molecule has 0 aliphatic heterocycles. The molecule has 0 spiro atoms. The fraction of sp³-hybridized carbons (Fsp3) is 0.421. The van der Waals surface area contributed by atoms with Gasteiger partial charge in [-0.2, -0.15) is 9.78 Å². The molecule has 1 N–H and O–H groups in total. The summed E-state index contributed by atoms with van der Waals surface area (Å²) in [7, 11) is 1.43. The van der Waals surface area contributed by atoms with Crippen LogP contribution in [0.5, 0.6) is 5.75 Å². The van der Waals surface area contributed by atoms with E-state index in [1.807, 2.05) is 18.2 Å². The minimum Gasteiger partial charge on any atom is -0.494 e. The lowest BCUT2D eigenvalue weighted by molar-refractivity contribution is 0.0899. The van der Waals surface area contributed by atoms with Crippen LogP contribution in [0.1, 0.15) is 43.1 Å². The third-order valence-corrected chi connectivity index (χ3v) is 4.76. The Morgan fingerprint density at radius 3 is 2.64 bits per heavy atom. The predicted molar refractivity (Wildman–Crippen MR) is 95.3 cm³/mol. The largest absolute Gasteiger partial charge is 0.494 e. The number of rotatable bonds is 4. The quantitative estimate of drug-likeness (QED) is 0.927. The van der Waals surface area contributed by atoms with Crippen LogP contribution < -0.4 is 15.6 Å². The lowest BCUT2D eigenvalue weighted by Crippen LogP contribution is -2.42. The van der Waals surface area contributed by atoms with Crippen LogP contribution in [0.4, 0.5) is 0 Å². The summed E-state index contributed by atoms with van der Waals surface area (Å²) < 4.78 is 6.44. The maximum Gasteiger partial charge on any atom is 0.275 e. The fourth-order valence-corrected chi connectivity index (χ4v) is 3.27. The van der Waals surface area contributed by atoms with E-state index in [0.717, 1.165) is 19.3 Å². The average molecular weight is 341 g/mol. The summed E-state index contributed by atoms with van der Waals surface area (Å²) in [4.78, 5) is 25.1. The van der Waals surface area contributed by atoms with Crippen LogP contribution in [0, 0.1) is 5.92 Å². The number of benzene rings is 1. The molecule has 2 aromatic rings. The molecule has 0 radical (unpaired) electrons. The third-order valence-electron chi connectivity index (χ3n) is 4.76. The first-order valence-corrected chi connectivity index (χ1v) is 8.65. The molecular weight excluding hydrogens is 318 g/mol. The zero-order valence-corrected chi connectivity index (χ0v) is 14.6. The van der Waals surface area contributed by atoms with Crippen molar-refractivity contribution in [3.63, 3.8) is 0 Å². The molecule has 2 atom stereocenters. The Kier molecular flexibility index (Phi) is 5.16. The lowest BCUT2D eigenvalue weighted by atomic mass is 9.86. The number of nitrogens with one attached hydrogen (secondary N) is 1. The molecule has 1 aliphatic carbocycles. The van der Waals surface area contributed by atoms with Gasteiger partial charge < -0.3 is 10.1 Å². The monoisotopic (exact) mass is 341 g/mol. The Bertz CT molecular complexity index is 801. The Balaban J connectivity index is 1.94. The van der Waals surface area contributed by atoms with Gasteiger partial charge in [0.1, 0.15) is 0 Å². The van der Waals surface area contributed by atoms with Crippen LogP contribution in [0.2, 0.25) is 0 Å². The lowest BCUT2D eigenvalue weighted by Gasteiger charge is -2.29. The number of hydrogen-bond acceptors (Lipinski definition) is 4. The first kappa shape index (κ1) is 17.2. The summed E-state index contributed by atoms with van der Waals surface area (Å²) in [6, 6.07) is 10.5. The second-order valence-electron chi connectivity index (χ2n) is 6.49. The van der Waals surface area contributed by atoms with Crippen molar-refractivity contribution in [1.29, 1.82) is 0 Å². The van der Waals surface area contributed by atoms with Gasteiger partial charge in [0.05, 0.1) is 18.9 Å². The van der Waals surface area contributed by atoms with Crippen molar-refractivity contribution in [2.24, 2.45) is 5.92 Å². The zero-order valence-electron chi connectivity index (χ0n) is 14.6. The van der Waals surface area contributed by atoms with Crippen LogP contribution in [-0.2, 0) is 0 Å².